The molecule has 0 aliphatic heterocycles. The molecule has 0 atom stereocenters. The normalized spacial score (nSPS) is 11.9. The smallest absolute Gasteiger partial charge is 0.0495 e. The third-order valence-corrected chi connectivity index (χ3v) is 4.79. The van der Waals surface area contributed by atoms with E-state index >= 15 is 0 Å². The summed E-state index contributed by atoms with van der Waals surface area (Å²) in [6, 6.07) is 26.3. The molecule has 0 saturated heterocycles. The van der Waals surface area contributed by atoms with Crippen molar-refractivity contribution in [1.29, 1.82) is 0 Å². The first kappa shape index (κ1) is 11.8. The molecule has 0 fully saturated rings. The van der Waals surface area contributed by atoms with Gasteiger partial charge in [0.05, 0.1) is 0 Å². The average Bonchev–Trinajstić information content (AvgIpc) is 2.88. The Hall–Kier alpha value is -2.80. The molecule has 0 unspecified atom stereocenters. The molecule has 0 amide bonds. The highest BCUT2D eigenvalue weighted by Gasteiger charge is 2.13. The molecule has 5 rings (SSSR count). The molecular formula is C21H15N. The molecule has 5 aromatic rings. The lowest BCUT2D eigenvalue weighted by Crippen LogP contribution is -1.86. The van der Waals surface area contributed by atoms with Gasteiger partial charge in [0.1, 0.15) is 0 Å². The van der Waals surface area contributed by atoms with Gasteiger partial charge in [-0.25, -0.2) is 0 Å². The summed E-state index contributed by atoms with van der Waals surface area (Å²) in [7, 11) is 2.16. The van der Waals surface area contributed by atoms with Crippen LogP contribution >= 0.6 is 0 Å². The van der Waals surface area contributed by atoms with Gasteiger partial charge in [0.2, 0.25) is 0 Å². The number of nitrogens with zero attached hydrogens (tertiary/aromatic N) is 1. The van der Waals surface area contributed by atoms with E-state index in [0.29, 0.717) is 0 Å². The molecule has 1 heterocycles. The summed E-state index contributed by atoms with van der Waals surface area (Å²) >= 11 is 0. The fraction of sp³-hybridized carbons (Fsp3) is 0.0476. The van der Waals surface area contributed by atoms with Gasteiger partial charge in [0.25, 0.3) is 0 Å². The third kappa shape index (κ3) is 1.38. The lowest BCUT2D eigenvalue weighted by molar-refractivity contribution is 1.02. The fourth-order valence-corrected chi connectivity index (χ4v) is 3.73. The van der Waals surface area contributed by atoms with Gasteiger partial charge in [-0.2, -0.15) is 0 Å². The molecule has 0 saturated carbocycles. The third-order valence-electron chi connectivity index (χ3n) is 4.79. The van der Waals surface area contributed by atoms with Crippen molar-refractivity contribution < 1.29 is 0 Å². The zero-order valence-corrected chi connectivity index (χ0v) is 12.4. The summed E-state index contributed by atoms with van der Waals surface area (Å²) in [5.74, 6) is 0. The Morgan fingerprint density at radius 1 is 0.545 bits per heavy atom. The van der Waals surface area contributed by atoms with Crippen molar-refractivity contribution in [2.24, 2.45) is 7.05 Å². The van der Waals surface area contributed by atoms with Crippen molar-refractivity contribution in [2.45, 2.75) is 0 Å². The van der Waals surface area contributed by atoms with E-state index in [-0.39, 0.29) is 0 Å². The van der Waals surface area contributed by atoms with E-state index < -0.39 is 0 Å². The molecule has 0 spiro atoms. The average molecular weight is 281 g/mol. The van der Waals surface area contributed by atoms with Crippen LogP contribution in [0.25, 0.3) is 43.4 Å². The highest BCUT2D eigenvalue weighted by atomic mass is 14.9. The predicted octanol–water partition coefficient (Wildman–Crippen LogP) is 5.64. The summed E-state index contributed by atoms with van der Waals surface area (Å²) in [6.45, 7) is 0. The molecule has 0 aliphatic rings. The number of rotatable bonds is 0. The van der Waals surface area contributed by atoms with Crippen LogP contribution in [0, 0.1) is 0 Å². The molecule has 0 N–H and O–H groups in total. The van der Waals surface area contributed by atoms with E-state index in [0.717, 1.165) is 0 Å². The molecular weight excluding hydrogens is 266 g/mol. The van der Waals surface area contributed by atoms with Crippen molar-refractivity contribution >= 4 is 43.4 Å². The van der Waals surface area contributed by atoms with E-state index in [1.165, 1.54) is 43.4 Å². The number of hydrogen-bond donors (Lipinski definition) is 0. The van der Waals surface area contributed by atoms with Gasteiger partial charge in [-0.15, -0.1) is 0 Å². The van der Waals surface area contributed by atoms with Gasteiger partial charge in [0.15, 0.2) is 0 Å². The molecule has 104 valence electrons. The van der Waals surface area contributed by atoms with Gasteiger partial charge >= 0.3 is 0 Å². The maximum atomic E-state index is 2.31. The zero-order chi connectivity index (χ0) is 14.7. The second kappa shape index (κ2) is 4.11. The van der Waals surface area contributed by atoms with Crippen LogP contribution in [0.5, 0.6) is 0 Å². The number of fused-ring (bicyclic) bond motifs is 7. The summed E-state index contributed by atoms with van der Waals surface area (Å²) < 4.78 is 2.31. The molecule has 0 radical (unpaired) electrons. The Kier molecular flexibility index (Phi) is 2.21. The molecule has 1 heteroatoms. The summed E-state index contributed by atoms with van der Waals surface area (Å²) in [5, 5.41) is 8.01. The number of aromatic nitrogens is 1. The Morgan fingerprint density at radius 2 is 1.00 bits per heavy atom. The van der Waals surface area contributed by atoms with E-state index in [4.69, 9.17) is 0 Å². The first-order valence-electron chi connectivity index (χ1n) is 7.62. The van der Waals surface area contributed by atoms with E-state index in [2.05, 4.69) is 84.4 Å². The second-order valence-corrected chi connectivity index (χ2v) is 5.92. The quantitative estimate of drug-likeness (QED) is 0.346. The minimum Gasteiger partial charge on any atom is -0.344 e. The summed E-state index contributed by atoms with van der Waals surface area (Å²) in [5.41, 5.74) is 2.59. The monoisotopic (exact) mass is 281 g/mol. The van der Waals surface area contributed by atoms with E-state index in [1.807, 2.05) is 0 Å². The van der Waals surface area contributed by atoms with Crippen molar-refractivity contribution in [2.75, 3.05) is 0 Å². The van der Waals surface area contributed by atoms with Crippen LogP contribution in [0.1, 0.15) is 0 Å². The molecule has 22 heavy (non-hydrogen) atoms. The first-order valence-corrected chi connectivity index (χ1v) is 7.62. The highest BCUT2D eigenvalue weighted by molar-refractivity contribution is 6.27. The first-order chi connectivity index (χ1) is 10.8. The molecule has 4 aromatic carbocycles. The fourth-order valence-electron chi connectivity index (χ4n) is 3.73. The number of hydrogen-bond acceptors (Lipinski definition) is 0. The van der Waals surface area contributed by atoms with Gasteiger partial charge in [-0.3, -0.25) is 0 Å². The topological polar surface area (TPSA) is 4.93 Å². The van der Waals surface area contributed by atoms with Crippen LogP contribution in [-0.4, -0.2) is 4.57 Å². The maximum Gasteiger partial charge on any atom is 0.0495 e. The van der Waals surface area contributed by atoms with Crippen molar-refractivity contribution in [1.82, 2.24) is 4.57 Å². The van der Waals surface area contributed by atoms with Crippen molar-refractivity contribution in [3.8, 4) is 0 Å². The van der Waals surface area contributed by atoms with Gasteiger partial charge in [-0.05, 0) is 33.7 Å². The van der Waals surface area contributed by atoms with Crippen LogP contribution in [0.15, 0.2) is 72.8 Å². The van der Waals surface area contributed by atoms with Crippen molar-refractivity contribution in [3.63, 3.8) is 0 Å². The maximum absolute atomic E-state index is 2.31. The lowest BCUT2D eigenvalue weighted by Gasteiger charge is -2.02. The van der Waals surface area contributed by atoms with Crippen LogP contribution < -0.4 is 0 Å². The highest BCUT2D eigenvalue weighted by Crippen LogP contribution is 2.37. The lowest BCUT2D eigenvalue weighted by atomic mass is 10.00. The molecule has 0 aliphatic carbocycles. The summed E-state index contributed by atoms with van der Waals surface area (Å²) in [4.78, 5) is 0. The minimum atomic E-state index is 1.30. The van der Waals surface area contributed by atoms with E-state index in [1.54, 1.807) is 0 Å². The SMILES string of the molecule is Cn1c2ccc3ccccc3c2c2c3ccccc3ccc21. The van der Waals surface area contributed by atoms with E-state index in [9.17, 15) is 0 Å². The summed E-state index contributed by atoms with van der Waals surface area (Å²) in [6.07, 6.45) is 0. The standard InChI is InChI=1S/C21H15N/c1-22-18-12-10-14-6-2-4-8-16(14)20(18)21-17-9-5-3-7-15(17)11-13-19(21)22/h2-13H,1H3. The Bertz CT molecular complexity index is 1090. The Balaban J connectivity index is 2.21. The van der Waals surface area contributed by atoms with Gasteiger partial charge < -0.3 is 4.57 Å². The molecule has 0 bridgehead atoms. The molecule has 1 nitrogen and oxygen atoms in total. The van der Waals surface area contributed by atoms with Gasteiger partial charge in [0, 0.05) is 28.9 Å². The molecule has 1 aromatic heterocycles. The Labute approximate surface area is 128 Å². The largest absolute Gasteiger partial charge is 0.344 e. The minimum absolute atomic E-state index is 1.30. The predicted molar refractivity (Wildman–Crippen MR) is 95.4 cm³/mol. The zero-order valence-electron chi connectivity index (χ0n) is 12.4. The number of benzene rings is 4. The van der Waals surface area contributed by atoms with Crippen LogP contribution in [-0.2, 0) is 7.05 Å². The Morgan fingerprint density at radius 3 is 1.50 bits per heavy atom. The second-order valence-electron chi connectivity index (χ2n) is 5.92. The van der Waals surface area contributed by atoms with Crippen molar-refractivity contribution in [3.05, 3.63) is 72.8 Å². The van der Waals surface area contributed by atoms with Crippen LogP contribution in [0.3, 0.4) is 0 Å². The number of aryl methyl sites for hydroxylation is 1. The van der Waals surface area contributed by atoms with Crippen LogP contribution in [0.4, 0.5) is 0 Å². The van der Waals surface area contributed by atoms with Crippen LogP contribution in [0.2, 0.25) is 0 Å². The van der Waals surface area contributed by atoms with Gasteiger partial charge in [-0.1, -0.05) is 60.7 Å².